The fourth-order valence-electron chi connectivity index (χ4n) is 3.62. The molecule has 0 aromatic carbocycles. The molecule has 0 aromatic heterocycles. The first-order valence-corrected chi connectivity index (χ1v) is 9.04. The number of aliphatic hydroxyl groups is 1. The summed E-state index contributed by atoms with van der Waals surface area (Å²) >= 11 is 0. The summed E-state index contributed by atoms with van der Waals surface area (Å²) in [6.07, 6.45) is 3.93. The molecule has 1 N–H and O–H groups in total. The zero-order valence-electron chi connectivity index (χ0n) is 15.5. The molecule has 130 valence electrons. The minimum absolute atomic E-state index is 0.148. The van der Waals surface area contributed by atoms with E-state index < -0.39 is 11.0 Å². The van der Waals surface area contributed by atoms with Crippen LogP contribution in [0.2, 0.25) is 0 Å². The highest BCUT2D eigenvalue weighted by Crippen LogP contribution is 2.50. The molecule has 3 heteroatoms. The average Bonchev–Trinajstić information content (AvgIpc) is 3.07. The van der Waals surface area contributed by atoms with Crippen molar-refractivity contribution in [3.8, 4) is 0 Å². The van der Waals surface area contributed by atoms with Crippen molar-refractivity contribution in [1.29, 1.82) is 0 Å². The van der Waals surface area contributed by atoms with Crippen molar-refractivity contribution < 1.29 is 14.6 Å². The maximum atomic E-state index is 12.9. The van der Waals surface area contributed by atoms with Crippen molar-refractivity contribution in [3.05, 3.63) is 17.1 Å². The monoisotopic (exact) mass is 320 g/mol. The van der Waals surface area contributed by atoms with Gasteiger partial charge in [0.2, 0.25) is 0 Å². The van der Waals surface area contributed by atoms with Crippen LogP contribution in [-0.2, 0) is 9.53 Å². The Labute approximate surface area is 140 Å². The van der Waals surface area contributed by atoms with E-state index in [0.717, 1.165) is 24.8 Å². The molecule has 1 fully saturated rings. The van der Waals surface area contributed by atoms with Crippen LogP contribution in [-0.4, -0.2) is 16.7 Å². The van der Waals surface area contributed by atoms with E-state index in [4.69, 9.17) is 4.74 Å². The van der Waals surface area contributed by atoms with E-state index in [9.17, 15) is 9.90 Å². The van der Waals surface area contributed by atoms with Crippen molar-refractivity contribution in [3.63, 3.8) is 0 Å². The molecule has 0 aromatic rings. The smallest absolute Gasteiger partial charge is 0.317 e. The van der Waals surface area contributed by atoms with Crippen molar-refractivity contribution in [2.75, 3.05) is 0 Å². The molecule has 0 bridgehead atoms. The van der Waals surface area contributed by atoms with Crippen molar-refractivity contribution in [2.45, 2.75) is 79.2 Å². The summed E-state index contributed by atoms with van der Waals surface area (Å²) in [5.41, 5.74) is 2.94. The van der Waals surface area contributed by atoms with E-state index in [1.54, 1.807) is 0 Å². The van der Waals surface area contributed by atoms with Crippen LogP contribution in [0.4, 0.5) is 0 Å². The van der Waals surface area contributed by atoms with E-state index in [2.05, 4.69) is 40.3 Å². The largest absolute Gasteiger partial charge is 0.422 e. The van der Waals surface area contributed by atoms with Crippen LogP contribution in [0.15, 0.2) is 17.1 Å². The number of carbonyl (C=O) groups is 1. The maximum Gasteiger partial charge on any atom is 0.317 e. The molecule has 3 atom stereocenters. The van der Waals surface area contributed by atoms with Gasteiger partial charge in [-0.2, -0.15) is 0 Å². The number of ether oxygens (including phenoxy) is 1. The van der Waals surface area contributed by atoms with Gasteiger partial charge in [0.05, 0.1) is 11.0 Å². The van der Waals surface area contributed by atoms with Gasteiger partial charge in [0.15, 0.2) is 0 Å². The Balaban J connectivity index is 2.19. The molecule has 0 saturated heterocycles. The third-order valence-electron chi connectivity index (χ3n) is 5.66. The predicted molar refractivity (Wildman–Crippen MR) is 91.6 cm³/mol. The fourth-order valence-corrected chi connectivity index (χ4v) is 3.62. The van der Waals surface area contributed by atoms with Crippen LogP contribution in [0.3, 0.4) is 0 Å². The third-order valence-corrected chi connectivity index (χ3v) is 5.66. The maximum absolute atomic E-state index is 12.9. The quantitative estimate of drug-likeness (QED) is 0.574. The van der Waals surface area contributed by atoms with Crippen LogP contribution in [0, 0.1) is 23.2 Å². The van der Waals surface area contributed by atoms with Gasteiger partial charge >= 0.3 is 5.97 Å². The van der Waals surface area contributed by atoms with E-state index in [0.29, 0.717) is 30.4 Å². The highest BCUT2D eigenvalue weighted by atomic mass is 16.5. The number of fused-ring (bicyclic) bond motifs is 1. The van der Waals surface area contributed by atoms with Crippen LogP contribution in [0.25, 0.3) is 0 Å². The molecule has 2 aliphatic rings. The molecule has 2 aliphatic carbocycles. The molecular formula is C20H32O3. The van der Waals surface area contributed by atoms with Crippen LogP contribution >= 0.6 is 0 Å². The van der Waals surface area contributed by atoms with Gasteiger partial charge in [-0.1, -0.05) is 46.8 Å². The standard InChI is InChI=1S/C20H32O3/c1-7-15-8-17(9-16-12-20(16,22)11-15)23-18(21)19(6,14(4)5)10-13(2)3/h13-15,22H,7-8,10-12H2,1-6H3. The summed E-state index contributed by atoms with van der Waals surface area (Å²) < 4.78 is 5.81. The molecule has 0 spiro atoms. The minimum Gasteiger partial charge on any atom is -0.422 e. The lowest BCUT2D eigenvalue weighted by Gasteiger charge is -2.33. The Bertz CT molecular complexity index is 539. The first kappa shape index (κ1) is 18.3. The van der Waals surface area contributed by atoms with E-state index in [-0.39, 0.29) is 11.9 Å². The zero-order chi connectivity index (χ0) is 17.4. The van der Waals surface area contributed by atoms with E-state index in [1.807, 2.05) is 6.92 Å². The Morgan fingerprint density at radius 1 is 1.43 bits per heavy atom. The Morgan fingerprint density at radius 3 is 2.61 bits per heavy atom. The molecule has 0 aliphatic heterocycles. The minimum atomic E-state index is -0.673. The van der Waals surface area contributed by atoms with Gasteiger partial charge in [-0.25, -0.2) is 0 Å². The van der Waals surface area contributed by atoms with Gasteiger partial charge in [-0.3, -0.25) is 4.79 Å². The van der Waals surface area contributed by atoms with E-state index in [1.165, 1.54) is 0 Å². The lowest BCUT2D eigenvalue weighted by atomic mass is 9.73. The molecule has 0 radical (unpaired) electrons. The summed E-state index contributed by atoms with van der Waals surface area (Å²) in [7, 11) is 0. The van der Waals surface area contributed by atoms with Crippen LogP contribution < -0.4 is 0 Å². The van der Waals surface area contributed by atoms with Gasteiger partial charge in [0.1, 0.15) is 5.76 Å². The van der Waals surface area contributed by atoms with Gasteiger partial charge in [-0.05, 0) is 37.5 Å². The number of rotatable bonds is 6. The molecule has 2 rings (SSSR count). The summed E-state index contributed by atoms with van der Waals surface area (Å²) in [6.45, 7) is 12.6. The second kappa shape index (κ2) is 6.45. The fraction of sp³-hybridized carbons (Fsp3) is 0.800. The lowest BCUT2D eigenvalue weighted by molar-refractivity contribution is -0.154. The molecule has 3 unspecified atom stereocenters. The van der Waals surface area contributed by atoms with Crippen molar-refractivity contribution in [2.24, 2.45) is 23.2 Å². The van der Waals surface area contributed by atoms with Gasteiger partial charge in [0, 0.05) is 18.4 Å². The normalized spacial score (nSPS) is 29.3. The molecule has 3 nitrogen and oxygen atoms in total. The highest BCUT2D eigenvalue weighted by molar-refractivity contribution is 5.77. The predicted octanol–water partition coefficient (Wildman–Crippen LogP) is 4.60. The average molecular weight is 320 g/mol. The van der Waals surface area contributed by atoms with E-state index >= 15 is 0 Å². The summed E-state index contributed by atoms with van der Waals surface area (Å²) in [4.78, 5) is 12.9. The van der Waals surface area contributed by atoms with Crippen LogP contribution in [0.1, 0.15) is 73.6 Å². The van der Waals surface area contributed by atoms with Crippen molar-refractivity contribution in [1.82, 2.24) is 0 Å². The Hall–Kier alpha value is -1.05. The van der Waals surface area contributed by atoms with Gasteiger partial charge in [0.25, 0.3) is 0 Å². The molecule has 0 heterocycles. The number of esters is 1. The van der Waals surface area contributed by atoms with Crippen LogP contribution in [0.5, 0.6) is 0 Å². The molecule has 23 heavy (non-hydrogen) atoms. The zero-order valence-corrected chi connectivity index (χ0v) is 15.5. The lowest BCUT2D eigenvalue weighted by Crippen LogP contribution is -2.36. The Kier molecular flexibility index (Phi) is 5.13. The second-order valence-corrected chi connectivity index (χ2v) is 8.48. The van der Waals surface area contributed by atoms with Gasteiger partial charge in [-0.15, -0.1) is 0 Å². The SMILES string of the molecule is CCC1CC(OC(=O)C(C)(CC(C)C)C(C)C)=C=C2CC2(O)C1. The third kappa shape index (κ3) is 3.89. The van der Waals surface area contributed by atoms with Crippen molar-refractivity contribution >= 4 is 5.97 Å². The Morgan fingerprint density at radius 2 is 2.09 bits per heavy atom. The summed E-state index contributed by atoms with van der Waals surface area (Å²) in [5.74, 6) is 1.49. The number of hydrogen-bond donors (Lipinski definition) is 1. The summed E-state index contributed by atoms with van der Waals surface area (Å²) in [5, 5.41) is 10.4. The first-order chi connectivity index (χ1) is 10.6. The highest BCUT2D eigenvalue weighted by Gasteiger charge is 2.50. The molecular weight excluding hydrogens is 288 g/mol. The van der Waals surface area contributed by atoms with Gasteiger partial charge < -0.3 is 9.84 Å². The second-order valence-electron chi connectivity index (χ2n) is 8.48. The number of carbonyl (C=O) groups excluding carboxylic acids is 1. The first-order valence-electron chi connectivity index (χ1n) is 9.04. The number of hydrogen-bond acceptors (Lipinski definition) is 3. The molecule has 0 amide bonds. The summed E-state index contributed by atoms with van der Waals surface area (Å²) in [6, 6.07) is 0. The molecule has 1 saturated carbocycles. The topological polar surface area (TPSA) is 46.5 Å².